The predicted octanol–water partition coefficient (Wildman–Crippen LogP) is 2.89. The van der Waals surface area contributed by atoms with E-state index in [0.717, 1.165) is 10.4 Å². The predicted molar refractivity (Wildman–Crippen MR) is 97.4 cm³/mol. The number of rotatable bonds is 3. The van der Waals surface area contributed by atoms with Crippen molar-refractivity contribution in [3.63, 3.8) is 0 Å². The summed E-state index contributed by atoms with van der Waals surface area (Å²) in [4.78, 5) is 19.2. The highest BCUT2D eigenvalue weighted by Gasteiger charge is 2.31. The lowest BCUT2D eigenvalue weighted by atomic mass is 9.94. The van der Waals surface area contributed by atoms with Crippen molar-refractivity contribution in [2.24, 2.45) is 12.1 Å². The van der Waals surface area contributed by atoms with Crippen molar-refractivity contribution in [2.45, 2.75) is 32.5 Å². The highest BCUT2D eigenvalue weighted by molar-refractivity contribution is 7.18. The van der Waals surface area contributed by atoms with E-state index in [0.29, 0.717) is 35.0 Å². The van der Waals surface area contributed by atoms with Gasteiger partial charge in [0, 0.05) is 18.3 Å². The van der Waals surface area contributed by atoms with Gasteiger partial charge in [-0.05, 0) is 31.5 Å². The smallest absolute Gasteiger partial charge is 0.263 e. The Morgan fingerprint density at radius 2 is 2.32 bits per heavy atom. The number of nitrogens with zero attached hydrogens (tertiary/aromatic N) is 3. The van der Waals surface area contributed by atoms with Gasteiger partial charge in [-0.25, -0.2) is 10.4 Å². The first kappa shape index (κ1) is 16.0. The summed E-state index contributed by atoms with van der Waals surface area (Å²) in [5.41, 5.74) is 3.54. The van der Waals surface area contributed by atoms with Gasteiger partial charge in [-0.3, -0.25) is 9.36 Å². The second-order valence-electron chi connectivity index (χ2n) is 6.59. The van der Waals surface area contributed by atoms with Crippen LogP contribution in [0.3, 0.4) is 0 Å². The summed E-state index contributed by atoms with van der Waals surface area (Å²) in [5, 5.41) is 4.78. The summed E-state index contributed by atoms with van der Waals surface area (Å²) < 4.78 is 12.5. The first-order valence-electron chi connectivity index (χ1n) is 7.92. The van der Waals surface area contributed by atoms with E-state index in [9.17, 15) is 4.79 Å². The fourth-order valence-corrected chi connectivity index (χ4v) is 3.99. The second kappa shape index (κ2) is 5.82. The SMILES string of the molecule is Cn1c(N/N=C\c2ccco2)nc2sc3c(c2c1=O)CC(C)(C)OC3. The zero-order chi connectivity index (χ0) is 17.6. The molecule has 1 N–H and O–H groups in total. The van der Waals surface area contributed by atoms with Crippen molar-refractivity contribution in [3.8, 4) is 0 Å². The van der Waals surface area contributed by atoms with Gasteiger partial charge in [0.2, 0.25) is 5.95 Å². The van der Waals surface area contributed by atoms with Crippen LogP contribution in [0.2, 0.25) is 0 Å². The number of hydrogen-bond donors (Lipinski definition) is 1. The number of fused-ring (bicyclic) bond motifs is 3. The molecule has 0 radical (unpaired) electrons. The number of ether oxygens (including phenoxy) is 1. The van der Waals surface area contributed by atoms with Gasteiger partial charge in [-0.1, -0.05) is 0 Å². The molecule has 4 rings (SSSR count). The topological polar surface area (TPSA) is 81.7 Å². The van der Waals surface area contributed by atoms with E-state index in [1.54, 1.807) is 25.4 Å². The van der Waals surface area contributed by atoms with Crippen LogP contribution in [0.15, 0.2) is 32.7 Å². The molecule has 0 aromatic carbocycles. The number of anilines is 1. The second-order valence-corrected chi connectivity index (χ2v) is 7.68. The average molecular weight is 358 g/mol. The van der Waals surface area contributed by atoms with Crippen LogP contribution in [0.25, 0.3) is 10.2 Å². The maximum absolute atomic E-state index is 12.9. The lowest BCUT2D eigenvalue weighted by Crippen LogP contribution is -2.32. The molecule has 130 valence electrons. The molecule has 3 aromatic heterocycles. The third-order valence-electron chi connectivity index (χ3n) is 4.21. The first-order valence-corrected chi connectivity index (χ1v) is 8.74. The Morgan fingerprint density at radius 1 is 1.48 bits per heavy atom. The van der Waals surface area contributed by atoms with Crippen molar-refractivity contribution in [1.29, 1.82) is 0 Å². The molecule has 0 atom stereocenters. The van der Waals surface area contributed by atoms with Gasteiger partial charge >= 0.3 is 0 Å². The third-order valence-corrected chi connectivity index (χ3v) is 5.31. The zero-order valence-corrected chi connectivity index (χ0v) is 15.0. The van der Waals surface area contributed by atoms with Gasteiger partial charge in [0.15, 0.2) is 0 Å². The highest BCUT2D eigenvalue weighted by Crippen LogP contribution is 2.37. The molecule has 0 bridgehead atoms. The van der Waals surface area contributed by atoms with Crippen LogP contribution in [0, 0.1) is 0 Å². The molecule has 8 heteroatoms. The van der Waals surface area contributed by atoms with Crippen molar-refractivity contribution < 1.29 is 9.15 Å². The summed E-state index contributed by atoms with van der Waals surface area (Å²) in [7, 11) is 1.69. The molecule has 0 spiro atoms. The molecule has 0 fully saturated rings. The average Bonchev–Trinajstić information content (AvgIpc) is 3.18. The zero-order valence-electron chi connectivity index (χ0n) is 14.2. The maximum Gasteiger partial charge on any atom is 0.263 e. The van der Waals surface area contributed by atoms with Gasteiger partial charge in [-0.2, -0.15) is 5.10 Å². The normalized spacial score (nSPS) is 16.4. The van der Waals surface area contributed by atoms with E-state index in [-0.39, 0.29) is 11.2 Å². The molecule has 0 amide bonds. The van der Waals surface area contributed by atoms with Crippen molar-refractivity contribution in [3.05, 3.63) is 45.0 Å². The van der Waals surface area contributed by atoms with Crippen LogP contribution in [-0.2, 0) is 24.8 Å². The molecule has 4 heterocycles. The minimum atomic E-state index is -0.268. The Balaban J connectivity index is 1.74. The summed E-state index contributed by atoms with van der Waals surface area (Å²) in [5.74, 6) is 1.00. The van der Waals surface area contributed by atoms with Gasteiger partial charge in [0.25, 0.3) is 5.56 Å². The maximum atomic E-state index is 12.9. The Labute approximate surface area is 147 Å². The van der Waals surface area contributed by atoms with Crippen LogP contribution in [-0.4, -0.2) is 21.4 Å². The molecule has 3 aromatic rings. The Kier molecular flexibility index (Phi) is 3.73. The van der Waals surface area contributed by atoms with E-state index in [1.165, 1.54) is 22.1 Å². The van der Waals surface area contributed by atoms with E-state index in [1.807, 2.05) is 13.8 Å². The van der Waals surface area contributed by atoms with Crippen molar-refractivity contribution in [2.75, 3.05) is 5.43 Å². The molecule has 1 aliphatic rings. The van der Waals surface area contributed by atoms with Crippen molar-refractivity contribution in [1.82, 2.24) is 9.55 Å². The van der Waals surface area contributed by atoms with E-state index in [4.69, 9.17) is 9.15 Å². The fourth-order valence-electron chi connectivity index (χ4n) is 2.89. The molecular weight excluding hydrogens is 340 g/mol. The molecule has 7 nitrogen and oxygen atoms in total. The van der Waals surface area contributed by atoms with Gasteiger partial charge in [0.1, 0.15) is 10.6 Å². The number of furan rings is 1. The van der Waals surface area contributed by atoms with Crippen LogP contribution in [0.1, 0.15) is 30.0 Å². The Hall–Kier alpha value is -2.45. The largest absolute Gasteiger partial charge is 0.463 e. The molecule has 25 heavy (non-hydrogen) atoms. The fraction of sp³-hybridized carbons (Fsp3) is 0.353. The molecule has 0 unspecified atom stereocenters. The Bertz CT molecular complexity index is 1010. The number of nitrogens with one attached hydrogen (secondary N) is 1. The number of hydrogen-bond acceptors (Lipinski definition) is 7. The van der Waals surface area contributed by atoms with E-state index < -0.39 is 0 Å². The minimum Gasteiger partial charge on any atom is -0.463 e. The van der Waals surface area contributed by atoms with Gasteiger partial charge < -0.3 is 9.15 Å². The lowest BCUT2D eigenvalue weighted by molar-refractivity contribution is -0.0379. The number of hydrazone groups is 1. The van der Waals surface area contributed by atoms with Crippen LogP contribution >= 0.6 is 11.3 Å². The first-order chi connectivity index (χ1) is 11.9. The minimum absolute atomic E-state index is 0.0732. The Morgan fingerprint density at radius 3 is 3.08 bits per heavy atom. The van der Waals surface area contributed by atoms with E-state index >= 15 is 0 Å². The van der Waals surface area contributed by atoms with Gasteiger partial charge in [0.05, 0.1) is 30.1 Å². The lowest BCUT2D eigenvalue weighted by Gasteiger charge is -2.29. The van der Waals surface area contributed by atoms with Crippen LogP contribution in [0.5, 0.6) is 0 Å². The highest BCUT2D eigenvalue weighted by atomic mass is 32.1. The summed E-state index contributed by atoms with van der Waals surface area (Å²) >= 11 is 1.51. The summed E-state index contributed by atoms with van der Waals surface area (Å²) in [6.45, 7) is 4.60. The summed E-state index contributed by atoms with van der Waals surface area (Å²) in [6.07, 6.45) is 3.82. The molecule has 0 saturated heterocycles. The van der Waals surface area contributed by atoms with Crippen LogP contribution < -0.4 is 11.0 Å². The molecule has 0 aliphatic carbocycles. The van der Waals surface area contributed by atoms with E-state index in [2.05, 4.69) is 15.5 Å². The van der Waals surface area contributed by atoms with Gasteiger partial charge in [-0.15, -0.1) is 11.3 Å². The molecule has 0 saturated carbocycles. The summed E-state index contributed by atoms with van der Waals surface area (Å²) in [6, 6.07) is 3.57. The number of thiophene rings is 1. The quantitative estimate of drug-likeness (QED) is 0.575. The number of aromatic nitrogens is 2. The van der Waals surface area contributed by atoms with Crippen molar-refractivity contribution >= 4 is 33.7 Å². The monoisotopic (exact) mass is 358 g/mol. The third kappa shape index (κ3) is 2.87. The molecule has 1 aliphatic heterocycles. The van der Waals surface area contributed by atoms with Crippen LogP contribution in [0.4, 0.5) is 5.95 Å². The molecular formula is C17H18N4O3S. The standard InChI is InChI=1S/C17H18N4O3S/c1-17(2)7-11-12(9-24-17)25-14-13(11)15(22)21(3)16(19-14)20-18-8-10-5-4-6-23-10/h4-6,8H,7,9H2,1-3H3,(H,19,20)/b18-8-.